The van der Waals surface area contributed by atoms with Crippen molar-refractivity contribution in [2.75, 3.05) is 6.54 Å². The first-order valence-corrected chi connectivity index (χ1v) is 8.23. The molecule has 1 N–H and O–H groups in total. The van der Waals surface area contributed by atoms with Gasteiger partial charge in [-0.25, -0.2) is 9.37 Å². The van der Waals surface area contributed by atoms with E-state index in [0.717, 1.165) is 12.8 Å². The SMILES string of the molecule is Cc1oc(-c2cccc(F)c2)nc1CC(=O)NCCCC(C)(C)C. The number of oxazole rings is 1. The number of hydrogen-bond acceptors (Lipinski definition) is 3. The largest absolute Gasteiger partial charge is 0.441 e. The Bertz CT molecular complexity index is 702. The monoisotopic (exact) mass is 332 g/mol. The second-order valence-electron chi connectivity index (χ2n) is 7.22. The zero-order chi connectivity index (χ0) is 17.7. The molecular formula is C19H25FN2O2. The van der Waals surface area contributed by atoms with Crippen LogP contribution in [0.1, 0.15) is 45.1 Å². The number of benzene rings is 1. The van der Waals surface area contributed by atoms with Gasteiger partial charge in [-0.05, 0) is 43.4 Å². The van der Waals surface area contributed by atoms with Gasteiger partial charge in [-0.2, -0.15) is 0 Å². The van der Waals surface area contributed by atoms with Gasteiger partial charge in [-0.1, -0.05) is 26.8 Å². The Morgan fingerprint density at radius 2 is 2.08 bits per heavy atom. The normalized spacial score (nSPS) is 11.5. The molecule has 0 radical (unpaired) electrons. The summed E-state index contributed by atoms with van der Waals surface area (Å²) in [4.78, 5) is 16.4. The lowest BCUT2D eigenvalue weighted by molar-refractivity contribution is -0.120. The summed E-state index contributed by atoms with van der Waals surface area (Å²) in [6.45, 7) is 8.96. The van der Waals surface area contributed by atoms with Crippen molar-refractivity contribution >= 4 is 5.91 Å². The number of amides is 1. The molecule has 5 heteroatoms. The molecule has 1 amide bonds. The predicted molar refractivity (Wildman–Crippen MR) is 92.0 cm³/mol. The van der Waals surface area contributed by atoms with E-state index in [4.69, 9.17) is 4.42 Å². The Kier molecular flexibility index (Phi) is 5.75. The summed E-state index contributed by atoms with van der Waals surface area (Å²) in [7, 11) is 0. The van der Waals surface area contributed by atoms with Gasteiger partial charge in [0.05, 0.1) is 12.1 Å². The van der Waals surface area contributed by atoms with E-state index in [1.54, 1.807) is 19.1 Å². The molecule has 1 aromatic heterocycles. The van der Waals surface area contributed by atoms with Gasteiger partial charge in [0.25, 0.3) is 0 Å². The van der Waals surface area contributed by atoms with E-state index < -0.39 is 0 Å². The van der Waals surface area contributed by atoms with E-state index in [9.17, 15) is 9.18 Å². The molecule has 0 aliphatic heterocycles. The minimum absolute atomic E-state index is 0.0777. The van der Waals surface area contributed by atoms with Crippen molar-refractivity contribution in [1.82, 2.24) is 10.3 Å². The Morgan fingerprint density at radius 3 is 2.75 bits per heavy atom. The second kappa shape index (κ2) is 7.60. The van der Waals surface area contributed by atoms with Crippen LogP contribution in [-0.2, 0) is 11.2 Å². The first kappa shape index (κ1) is 18.2. The van der Waals surface area contributed by atoms with Crippen LogP contribution in [0.2, 0.25) is 0 Å². The third kappa shape index (κ3) is 5.48. The maximum absolute atomic E-state index is 13.3. The molecule has 130 valence electrons. The standard InChI is InChI=1S/C19H25FN2O2/c1-13-16(12-17(23)21-10-6-9-19(2,3)4)22-18(24-13)14-7-5-8-15(20)11-14/h5,7-8,11H,6,9-10,12H2,1-4H3,(H,21,23). The zero-order valence-corrected chi connectivity index (χ0v) is 14.8. The number of rotatable bonds is 6. The number of aryl methyl sites for hydroxylation is 1. The number of halogens is 1. The summed E-state index contributed by atoms with van der Waals surface area (Å²) in [5.74, 6) is 0.495. The summed E-state index contributed by atoms with van der Waals surface area (Å²) in [6.07, 6.45) is 2.17. The van der Waals surface area contributed by atoms with Crippen molar-refractivity contribution in [1.29, 1.82) is 0 Å². The highest BCUT2D eigenvalue weighted by Crippen LogP contribution is 2.23. The van der Waals surface area contributed by atoms with Crippen LogP contribution in [0.5, 0.6) is 0 Å². The quantitative estimate of drug-likeness (QED) is 0.804. The molecule has 24 heavy (non-hydrogen) atoms. The Labute approximate surface area is 142 Å². The van der Waals surface area contributed by atoms with Crippen LogP contribution in [0, 0.1) is 18.2 Å². The summed E-state index contributed by atoms with van der Waals surface area (Å²) in [5.41, 5.74) is 1.42. The molecule has 2 aromatic rings. The summed E-state index contributed by atoms with van der Waals surface area (Å²) < 4.78 is 18.9. The third-order valence-electron chi connectivity index (χ3n) is 3.72. The van der Waals surface area contributed by atoms with Gasteiger partial charge in [-0.15, -0.1) is 0 Å². The molecule has 2 rings (SSSR count). The van der Waals surface area contributed by atoms with Crippen LogP contribution < -0.4 is 5.32 Å². The lowest BCUT2D eigenvalue weighted by Crippen LogP contribution is -2.27. The van der Waals surface area contributed by atoms with Gasteiger partial charge in [0, 0.05) is 12.1 Å². The van der Waals surface area contributed by atoms with Gasteiger partial charge in [-0.3, -0.25) is 4.79 Å². The summed E-state index contributed by atoms with van der Waals surface area (Å²) >= 11 is 0. The average molecular weight is 332 g/mol. The van der Waals surface area contributed by atoms with Crippen LogP contribution in [-0.4, -0.2) is 17.4 Å². The van der Waals surface area contributed by atoms with Crippen LogP contribution in [0.4, 0.5) is 4.39 Å². The van der Waals surface area contributed by atoms with Crippen molar-refractivity contribution in [3.05, 3.63) is 41.5 Å². The molecule has 0 fully saturated rings. The molecule has 0 atom stereocenters. The highest BCUT2D eigenvalue weighted by atomic mass is 19.1. The molecule has 1 aromatic carbocycles. The van der Waals surface area contributed by atoms with Gasteiger partial charge < -0.3 is 9.73 Å². The van der Waals surface area contributed by atoms with E-state index >= 15 is 0 Å². The second-order valence-corrected chi connectivity index (χ2v) is 7.22. The van der Waals surface area contributed by atoms with E-state index in [1.807, 2.05) is 0 Å². The number of aromatic nitrogens is 1. The van der Waals surface area contributed by atoms with Crippen LogP contribution in [0.15, 0.2) is 28.7 Å². The van der Waals surface area contributed by atoms with Gasteiger partial charge >= 0.3 is 0 Å². The van der Waals surface area contributed by atoms with Crippen molar-refractivity contribution < 1.29 is 13.6 Å². The maximum atomic E-state index is 13.3. The van der Waals surface area contributed by atoms with Crippen molar-refractivity contribution in [2.45, 2.75) is 47.0 Å². The third-order valence-corrected chi connectivity index (χ3v) is 3.72. The molecule has 0 aliphatic rings. The predicted octanol–water partition coefficient (Wildman–Crippen LogP) is 4.27. The minimum Gasteiger partial charge on any atom is -0.441 e. The van der Waals surface area contributed by atoms with Crippen LogP contribution >= 0.6 is 0 Å². The van der Waals surface area contributed by atoms with Gasteiger partial charge in [0.1, 0.15) is 11.6 Å². The van der Waals surface area contributed by atoms with E-state index in [-0.39, 0.29) is 23.6 Å². The Hall–Kier alpha value is -2.17. The highest BCUT2D eigenvalue weighted by molar-refractivity contribution is 5.78. The van der Waals surface area contributed by atoms with Crippen LogP contribution in [0.25, 0.3) is 11.5 Å². The van der Waals surface area contributed by atoms with Crippen molar-refractivity contribution in [3.8, 4) is 11.5 Å². The fourth-order valence-corrected chi connectivity index (χ4v) is 2.40. The molecule has 0 aliphatic carbocycles. The molecule has 0 spiro atoms. The number of nitrogens with zero attached hydrogens (tertiary/aromatic N) is 1. The fraction of sp³-hybridized carbons (Fsp3) is 0.474. The molecule has 1 heterocycles. The molecule has 0 unspecified atom stereocenters. The van der Waals surface area contributed by atoms with E-state index in [1.165, 1.54) is 12.1 Å². The first-order chi connectivity index (χ1) is 11.2. The highest BCUT2D eigenvalue weighted by Gasteiger charge is 2.15. The maximum Gasteiger partial charge on any atom is 0.226 e. The van der Waals surface area contributed by atoms with Crippen molar-refractivity contribution in [3.63, 3.8) is 0 Å². The number of nitrogens with one attached hydrogen (secondary N) is 1. The number of hydrogen-bond donors (Lipinski definition) is 1. The molecule has 0 saturated carbocycles. The average Bonchev–Trinajstić information content (AvgIpc) is 2.84. The van der Waals surface area contributed by atoms with E-state index in [2.05, 4.69) is 31.1 Å². The van der Waals surface area contributed by atoms with E-state index in [0.29, 0.717) is 29.5 Å². The topological polar surface area (TPSA) is 55.1 Å². The number of carbonyl (C=O) groups is 1. The number of carbonyl (C=O) groups excluding carboxylic acids is 1. The van der Waals surface area contributed by atoms with Gasteiger partial charge in [0.2, 0.25) is 11.8 Å². The first-order valence-electron chi connectivity index (χ1n) is 8.23. The fourth-order valence-electron chi connectivity index (χ4n) is 2.40. The molecule has 0 saturated heterocycles. The Balaban J connectivity index is 1.92. The molecule has 0 bridgehead atoms. The lowest BCUT2D eigenvalue weighted by atomic mass is 9.91. The Morgan fingerprint density at radius 1 is 1.33 bits per heavy atom. The zero-order valence-electron chi connectivity index (χ0n) is 14.8. The summed E-state index contributed by atoms with van der Waals surface area (Å²) in [5, 5.41) is 2.91. The van der Waals surface area contributed by atoms with Crippen LogP contribution in [0.3, 0.4) is 0 Å². The smallest absolute Gasteiger partial charge is 0.226 e. The molecule has 4 nitrogen and oxygen atoms in total. The minimum atomic E-state index is -0.346. The molecular weight excluding hydrogens is 307 g/mol. The summed E-state index contributed by atoms with van der Waals surface area (Å²) in [6, 6.07) is 6.06. The van der Waals surface area contributed by atoms with Gasteiger partial charge in [0.15, 0.2) is 0 Å². The lowest BCUT2D eigenvalue weighted by Gasteiger charge is -2.17. The van der Waals surface area contributed by atoms with Crippen molar-refractivity contribution in [2.24, 2.45) is 5.41 Å².